The average molecular weight is 251 g/mol. The van der Waals surface area contributed by atoms with Crippen LogP contribution in [0.25, 0.3) is 0 Å². The van der Waals surface area contributed by atoms with Gasteiger partial charge < -0.3 is 5.32 Å². The summed E-state index contributed by atoms with van der Waals surface area (Å²) in [6.07, 6.45) is 1.80. The van der Waals surface area contributed by atoms with Crippen LogP contribution in [-0.4, -0.2) is 15.2 Å². The maximum Gasteiger partial charge on any atom is 0.224 e. The molecule has 12 heavy (non-hydrogen) atoms. The lowest BCUT2D eigenvalue weighted by atomic mass is 10.4. The summed E-state index contributed by atoms with van der Waals surface area (Å²) >= 11 is 21.9. The van der Waals surface area contributed by atoms with Crippen molar-refractivity contribution in [3.63, 3.8) is 0 Å². The number of carbonyl (C=O) groups excluding carboxylic acids is 1. The van der Waals surface area contributed by atoms with Gasteiger partial charge in [0, 0.05) is 5.92 Å². The fourth-order valence-corrected chi connectivity index (χ4v) is 0.941. The molecule has 0 aliphatic heterocycles. The van der Waals surface area contributed by atoms with Crippen molar-refractivity contribution < 1.29 is 4.79 Å². The van der Waals surface area contributed by atoms with E-state index in [1.807, 2.05) is 0 Å². The molecule has 2 nitrogen and oxygen atoms in total. The number of halogens is 4. The van der Waals surface area contributed by atoms with E-state index >= 15 is 0 Å². The molecular formula is C6H7Cl4NO. The van der Waals surface area contributed by atoms with Gasteiger partial charge in [-0.25, -0.2) is 0 Å². The molecule has 1 fully saturated rings. The minimum absolute atomic E-state index is 0.0681. The predicted molar refractivity (Wildman–Crippen MR) is 50.8 cm³/mol. The quantitative estimate of drug-likeness (QED) is 0.592. The molecule has 0 radical (unpaired) electrons. The highest BCUT2D eigenvalue weighted by Crippen LogP contribution is 2.34. The van der Waals surface area contributed by atoms with Crippen molar-refractivity contribution >= 4 is 52.3 Å². The van der Waals surface area contributed by atoms with E-state index in [1.54, 1.807) is 0 Å². The molecule has 0 aromatic rings. The number of alkyl halides is 4. The van der Waals surface area contributed by atoms with Crippen molar-refractivity contribution in [3.8, 4) is 0 Å². The summed E-state index contributed by atoms with van der Waals surface area (Å²) in [5.74, 6) is -0.0695. The monoisotopic (exact) mass is 249 g/mol. The number of nitrogens with one attached hydrogen (secondary N) is 1. The van der Waals surface area contributed by atoms with Crippen LogP contribution in [0.3, 0.4) is 0 Å². The third-order valence-electron chi connectivity index (χ3n) is 1.50. The highest BCUT2D eigenvalue weighted by atomic mass is 35.6. The maximum atomic E-state index is 11.1. The first kappa shape index (κ1) is 10.7. The molecule has 1 rings (SSSR count). The Bertz CT molecular complexity index is 186. The minimum atomic E-state index is -1.65. The zero-order chi connectivity index (χ0) is 9.35. The van der Waals surface area contributed by atoms with Gasteiger partial charge in [0.25, 0.3) is 0 Å². The summed E-state index contributed by atoms with van der Waals surface area (Å²) in [6, 6.07) is 0. The number of amides is 1. The van der Waals surface area contributed by atoms with Gasteiger partial charge in [-0.2, -0.15) is 0 Å². The summed E-state index contributed by atoms with van der Waals surface area (Å²) in [5.41, 5.74) is -0.962. The first-order chi connectivity index (χ1) is 5.41. The van der Waals surface area contributed by atoms with E-state index in [2.05, 4.69) is 5.32 Å². The van der Waals surface area contributed by atoms with Gasteiger partial charge in [-0.05, 0) is 12.8 Å². The lowest BCUT2D eigenvalue weighted by Gasteiger charge is -2.18. The second-order valence-electron chi connectivity index (χ2n) is 2.69. The Morgan fingerprint density at radius 2 is 1.92 bits per heavy atom. The molecule has 1 saturated carbocycles. The highest BCUT2D eigenvalue weighted by Gasteiger charge is 2.36. The largest absolute Gasteiger partial charge is 0.336 e. The highest BCUT2D eigenvalue weighted by molar-refractivity contribution is 6.70. The number of rotatable bonds is 2. The van der Waals surface area contributed by atoms with E-state index < -0.39 is 9.29 Å². The molecule has 0 bridgehead atoms. The second-order valence-corrected chi connectivity index (χ2v) is 5.49. The van der Waals surface area contributed by atoms with Gasteiger partial charge in [-0.15, -0.1) is 0 Å². The van der Waals surface area contributed by atoms with Gasteiger partial charge >= 0.3 is 0 Å². The van der Waals surface area contributed by atoms with Crippen LogP contribution in [0.15, 0.2) is 0 Å². The van der Waals surface area contributed by atoms with Crippen molar-refractivity contribution in [2.45, 2.75) is 22.1 Å². The topological polar surface area (TPSA) is 29.1 Å². The molecular weight excluding hydrogens is 244 g/mol. The standard InChI is InChI=1S/C6H7Cl4NO/c7-5(6(8,9)10)11-4(12)3-1-2-3/h3,5H,1-2H2,(H,11,12). The molecule has 1 aliphatic carbocycles. The van der Waals surface area contributed by atoms with Gasteiger partial charge in [0.1, 0.15) is 0 Å². The summed E-state index contributed by atoms with van der Waals surface area (Å²) in [5, 5.41) is 2.41. The molecule has 1 unspecified atom stereocenters. The zero-order valence-corrected chi connectivity index (χ0v) is 9.01. The Labute approximate surface area is 90.5 Å². The normalized spacial score (nSPS) is 20.3. The molecule has 70 valence electrons. The number of carbonyl (C=O) groups is 1. The van der Waals surface area contributed by atoms with Crippen LogP contribution in [0.2, 0.25) is 0 Å². The zero-order valence-electron chi connectivity index (χ0n) is 5.99. The molecule has 0 saturated heterocycles. The van der Waals surface area contributed by atoms with Gasteiger partial charge in [-0.1, -0.05) is 46.4 Å². The van der Waals surface area contributed by atoms with E-state index in [0.29, 0.717) is 0 Å². The first-order valence-corrected chi connectivity index (χ1v) is 4.99. The van der Waals surface area contributed by atoms with E-state index in [9.17, 15) is 4.79 Å². The van der Waals surface area contributed by atoms with Crippen molar-refractivity contribution in [1.29, 1.82) is 0 Å². The Balaban J connectivity index is 2.34. The van der Waals surface area contributed by atoms with Gasteiger partial charge in [0.05, 0.1) is 0 Å². The van der Waals surface area contributed by atoms with Gasteiger partial charge in [0.2, 0.25) is 9.70 Å². The third kappa shape index (κ3) is 3.17. The fourth-order valence-electron chi connectivity index (χ4n) is 0.670. The Hall–Kier alpha value is 0.630. The lowest BCUT2D eigenvalue weighted by molar-refractivity contribution is -0.122. The maximum absolute atomic E-state index is 11.1. The molecule has 1 N–H and O–H groups in total. The molecule has 0 aromatic heterocycles. The summed E-state index contributed by atoms with van der Waals surface area (Å²) in [4.78, 5) is 11.1. The summed E-state index contributed by atoms with van der Waals surface area (Å²) in [7, 11) is 0. The molecule has 6 heteroatoms. The van der Waals surface area contributed by atoms with Crippen LogP contribution in [0.4, 0.5) is 0 Å². The predicted octanol–water partition coefficient (Wildman–Crippen LogP) is 2.45. The molecule has 0 heterocycles. The van der Waals surface area contributed by atoms with Crippen molar-refractivity contribution in [2.75, 3.05) is 0 Å². The lowest BCUT2D eigenvalue weighted by Crippen LogP contribution is -2.40. The van der Waals surface area contributed by atoms with E-state index in [1.165, 1.54) is 0 Å². The SMILES string of the molecule is O=C(NC(Cl)C(Cl)(Cl)Cl)C1CC1. The van der Waals surface area contributed by atoms with Crippen LogP contribution in [-0.2, 0) is 4.79 Å². The number of hydrogen-bond donors (Lipinski definition) is 1. The van der Waals surface area contributed by atoms with E-state index in [4.69, 9.17) is 46.4 Å². The molecule has 1 atom stereocenters. The van der Waals surface area contributed by atoms with Crippen molar-refractivity contribution in [3.05, 3.63) is 0 Å². The van der Waals surface area contributed by atoms with Gasteiger partial charge in [-0.3, -0.25) is 4.79 Å². The Kier molecular flexibility index (Phi) is 3.38. The molecule has 0 aromatic carbocycles. The molecule has 1 amide bonds. The average Bonchev–Trinajstić information content (AvgIpc) is 2.65. The summed E-state index contributed by atoms with van der Waals surface area (Å²) < 4.78 is -1.65. The van der Waals surface area contributed by atoms with Crippen LogP contribution in [0, 0.1) is 5.92 Å². The van der Waals surface area contributed by atoms with Crippen LogP contribution in [0.5, 0.6) is 0 Å². The van der Waals surface area contributed by atoms with E-state index in [-0.39, 0.29) is 11.8 Å². The van der Waals surface area contributed by atoms with Crippen LogP contribution < -0.4 is 5.32 Å². The van der Waals surface area contributed by atoms with Crippen molar-refractivity contribution in [2.24, 2.45) is 5.92 Å². The Morgan fingerprint density at radius 1 is 1.42 bits per heavy atom. The number of hydrogen-bond acceptors (Lipinski definition) is 1. The fraction of sp³-hybridized carbons (Fsp3) is 0.833. The van der Waals surface area contributed by atoms with Gasteiger partial charge in [0.15, 0.2) is 5.50 Å². The summed E-state index contributed by atoms with van der Waals surface area (Å²) in [6.45, 7) is 0. The third-order valence-corrected chi connectivity index (χ3v) is 2.93. The van der Waals surface area contributed by atoms with E-state index in [0.717, 1.165) is 12.8 Å². The van der Waals surface area contributed by atoms with Crippen LogP contribution in [0.1, 0.15) is 12.8 Å². The molecule has 0 spiro atoms. The first-order valence-electron chi connectivity index (χ1n) is 3.42. The second kappa shape index (κ2) is 3.79. The molecule has 1 aliphatic rings. The smallest absolute Gasteiger partial charge is 0.224 e. The van der Waals surface area contributed by atoms with Crippen molar-refractivity contribution in [1.82, 2.24) is 5.32 Å². The minimum Gasteiger partial charge on any atom is -0.336 e. The van der Waals surface area contributed by atoms with Crippen LogP contribution >= 0.6 is 46.4 Å². The Morgan fingerprint density at radius 3 is 2.25 bits per heavy atom.